The molecule has 138 valence electrons. The quantitative estimate of drug-likeness (QED) is 0.691. The number of amides is 1. The van der Waals surface area contributed by atoms with E-state index in [2.05, 4.69) is 4.98 Å². The van der Waals surface area contributed by atoms with Gasteiger partial charge in [-0.3, -0.25) is 9.59 Å². The van der Waals surface area contributed by atoms with E-state index >= 15 is 4.39 Å². The number of rotatable bonds is 3. The Hall–Kier alpha value is -3.28. The first-order valence-corrected chi connectivity index (χ1v) is 8.37. The number of benzene rings is 2. The summed E-state index contributed by atoms with van der Waals surface area (Å²) in [6.07, 6.45) is 0. The second kappa shape index (κ2) is 6.46. The molecule has 3 N–H and O–H groups in total. The fourth-order valence-corrected chi connectivity index (χ4v) is 2.78. The normalized spacial score (nSPS) is 11.6. The van der Waals surface area contributed by atoms with Crippen molar-refractivity contribution in [3.8, 4) is 5.75 Å². The zero-order valence-corrected chi connectivity index (χ0v) is 15.2. The van der Waals surface area contributed by atoms with Crippen molar-refractivity contribution in [2.24, 2.45) is 5.73 Å². The number of carbonyl (C=O) groups is 2. The molecule has 0 aliphatic carbocycles. The van der Waals surface area contributed by atoms with E-state index in [-0.39, 0.29) is 22.1 Å². The molecular formula is C21H19FN2O3. The van der Waals surface area contributed by atoms with Crippen molar-refractivity contribution in [2.75, 3.05) is 0 Å². The standard InChI is InChI=1S/C21H19FN2O3/c1-21(2,3)15-9-8-13-10-14(25)16(17(22)18(13)24-15)19(26)11-4-6-12(7-5-11)20(23)27/h4-10,25H,1-3H3,(H2,23,27). The van der Waals surface area contributed by atoms with Gasteiger partial charge >= 0.3 is 0 Å². The highest BCUT2D eigenvalue weighted by atomic mass is 19.1. The Labute approximate surface area is 155 Å². The summed E-state index contributed by atoms with van der Waals surface area (Å²) < 4.78 is 15.1. The molecular weight excluding hydrogens is 347 g/mol. The molecule has 0 atom stereocenters. The predicted octanol–water partition coefficient (Wildman–Crippen LogP) is 3.71. The molecule has 0 saturated carbocycles. The maximum Gasteiger partial charge on any atom is 0.248 e. The largest absolute Gasteiger partial charge is 0.507 e. The molecule has 3 rings (SSSR count). The van der Waals surface area contributed by atoms with Crippen LogP contribution in [-0.2, 0) is 5.41 Å². The van der Waals surface area contributed by atoms with E-state index in [1.54, 1.807) is 12.1 Å². The van der Waals surface area contributed by atoms with E-state index in [0.717, 1.165) is 0 Å². The summed E-state index contributed by atoms with van der Waals surface area (Å²) in [4.78, 5) is 28.3. The number of hydrogen-bond donors (Lipinski definition) is 2. The summed E-state index contributed by atoms with van der Waals surface area (Å²) in [7, 11) is 0. The fourth-order valence-electron chi connectivity index (χ4n) is 2.78. The smallest absolute Gasteiger partial charge is 0.248 e. The summed E-state index contributed by atoms with van der Waals surface area (Å²) in [6.45, 7) is 5.85. The summed E-state index contributed by atoms with van der Waals surface area (Å²) in [5, 5.41) is 10.6. The summed E-state index contributed by atoms with van der Waals surface area (Å²) in [5.41, 5.74) is 5.48. The van der Waals surface area contributed by atoms with E-state index in [1.807, 2.05) is 20.8 Å². The summed E-state index contributed by atoms with van der Waals surface area (Å²) in [5.74, 6) is -2.67. The maximum absolute atomic E-state index is 15.1. The zero-order valence-electron chi connectivity index (χ0n) is 15.2. The van der Waals surface area contributed by atoms with Crippen LogP contribution in [0, 0.1) is 5.82 Å². The van der Waals surface area contributed by atoms with Crippen LogP contribution in [0.2, 0.25) is 0 Å². The molecule has 0 radical (unpaired) electrons. The number of pyridine rings is 1. The van der Waals surface area contributed by atoms with Gasteiger partial charge in [-0.25, -0.2) is 9.37 Å². The van der Waals surface area contributed by atoms with Gasteiger partial charge in [0.15, 0.2) is 11.6 Å². The Bertz CT molecular complexity index is 1070. The second-order valence-corrected chi connectivity index (χ2v) is 7.37. The highest BCUT2D eigenvalue weighted by Gasteiger charge is 2.24. The molecule has 0 aliphatic rings. The number of hydrogen-bond acceptors (Lipinski definition) is 4. The van der Waals surface area contributed by atoms with Crippen molar-refractivity contribution >= 4 is 22.6 Å². The van der Waals surface area contributed by atoms with Gasteiger partial charge in [-0.15, -0.1) is 0 Å². The minimum atomic E-state index is -0.875. The number of phenolic OH excluding ortho intramolecular Hbond substituents is 1. The van der Waals surface area contributed by atoms with Crippen LogP contribution in [0.1, 0.15) is 52.7 Å². The Kier molecular flexibility index (Phi) is 4.43. The van der Waals surface area contributed by atoms with Crippen LogP contribution in [0.3, 0.4) is 0 Å². The first-order chi connectivity index (χ1) is 12.6. The molecule has 1 amide bonds. The van der Waals surface area contributed by atoms with Gasteiger partial charge in [0, 0.05) is 27.6 Å². The van der Waals surface area contributed by atoms with E-state index in [9.17, 15) is 14.7 Å². The van der Waals surface area contributed by atoms with Crippen LogP contribution < -0.4 is 5.73 Å². The fraction of sp³-hybridized carbons (Fsp3) is 0.190. The molecule has 3 aromatic rings. The molecule has 5 nitrogen and oxygen atoms in total. The molecule has 6 heteroatoms. The summed E-state index contributed by atoms with van der Waals surface area (Å²) >= 11 is 0. The van der Waals surface area contributed by atoms with Crippen molar-refractivity contribution in [1.82, 2.24) is 4.98 Å². The van der Waals surface area contributed by atoms with Gasteiger partial charge in [0.25, 0.3) is 0 Å². The number of fused-ring (bicyclic) bond motifs is 1. The van der Waals surface area contributed by atoms with Crippen LogP contribution >= 0.6 is 0 Å². The first kappa shape index (κ1) is 18.5. The number of carbonyl (C=O) groups excluding carboxylic acids is 2. The number of nitrogens with two attached hydrogens (primary N) is 1. The Morgan fingerprint density at radius 1 is 1.04 bits per heavy atom. The lowest BCUT2D eigenvalue weighted by atomic mass is 9.91. The number of ketones is 1. The molecule has 0 unspecified atom stereocenters. The highest BCUT2D eigenvalue weighted by Crippen LogP contribution is 2.32. The van der Waals surface area contributed by atoms with E-state index in [0.29, 0.717) is 11.1 Å². The van der Waals surface area contributed by atoms with Gasteiger partial charge in [-0.05, 0) is 24.3 Å². The average molecular weight is 366 g/mol. The Balaban J connectivity index is 2.15. The molecule has 27 heavy (non-hydrogen) atoms. The lowest BCUT2D eigenvalue weighted by Crippen LogP contribution is -2.14. The number of halogens is 1. The molecule has 2 aromatic carbocycles. The van der Waals surface area contributed by atoms with Gasteiger partial charge in [0.1, 0.15) is 16.8 Å². The SMILES string of the molecule is CC(C)(C)c1ccc2cc(O)c(C(=O)c3ccc(C(N)=O)cc3)c(F)c2n1. The zero-order chi connectivity index (χ0) is 19.9. The number of aromatic hydroxyl groups is 1. The average Bonchev–Trinajstić information content (AvgIpc) is 2.60. The second-order valence-electron chi connectivity index (χ2n) is 7.37. The van der Waals surface area contributed by atoms with Gasteiger partial charge in [-0.1, -0.05) is 39.0 Å². The van der Waals surface area contributed by atoms with E-state index in [4.69, 9.17) is 5.73 Å². The minimum Gasteiger partial charge on any atom is -0.507 e. The Morgan fingerprint density at radius 2 is 1.63 bits per heavy atom. The van der Waals surface area contributed by atoms with Crippen LogP contribution in [0.15, 0.2) is 42.5 Å². The number of aromatic nitrogens is 1. The summed E-state index contributed by atoms with van der Waals surface area (Å²) in [6, 6.07) is 10.2. The maximum atomic E-state index is 15.1. The third-order valence-electron chi connectivity index (χ3n) is 4.33. The lowest BCUT2D eigenvalue weighted by Gasteiger charge is -2.18. The first-order valence-electron chi connectivity index (χ1n) is 8.37. The Morgan fingerprint density at radius 3 is 2.19 bits per heavy atom. The van der Waals surface area contributed by atoms with Gasteiger partial charge in [0.2, 0.25) is 5.91 Å². The van der Waals surface area contributed by atoms with Gasteiger partial charge < -0.3 is 10.8 Å². The highest BCUT2D eigenvalue weighted by molar-refractivity contribution is 6.13. The van der Waals surface area contributed by atoms with Crippen LogP contribution in [-0.4, -0.2) is 21.8 Å². The molecule has 0 saturated heterocycles. The minimum absolute atomic E-state index is 0.0253. The van der Waals surface area contributed by atoms with Crippen molar-refractivity contribution < 1.29 is 19.1 Å². The monoisotopic (exact) mass is 366 g/mol. The number of primary amides is 1. The van der Waals surface area contributed by atoms with Gasteiger partial charge in [-0.2, -0.15) is 0 Å². The van der Waals surface area contributed by atoms with Crippen LogP contribution in [0.4, 0.5) is 4.39 Å². The van der Waals surface area contributed by atoms with Crippen molar-refractivity contribution in [2.45, 2.75) is 26.2 Å². The van der Waals surface area contributed by atoms with Crippen molar-refractivity contribution in [1.29, 1.82) is 0 Å². The van der Waals surface area contributed by atoms with Crippen molar-refractivity contribution in [3.05, 3.63) is 70.7 Å². The van der Waals surface area contributed by atoms with Gasteiger partial charge in [0.05, 0.1) is 0 Å². The molecule has 0 fully saturated rings. The molecule has 0 bridgehead atoms. The number of phenols is 1. The lowest BCUT2D eigenvalue weighted by molar-refractivity contribution is 0.0996. The third kappa shape index (κ3) is 3.38. The predicted molar refractivity (Wildman–Crippen MR) is 100 cm³/mol. The number of nitrogens with zero attached hydrogens (tertiary/aromatic N) is 1. The van der Waals surface area contributed by atoms with Crippen molar-refractivity contribution in [3.63, 3.8) is 0 Å². The van der Waals surface area contributed by atoms with E-state index in [1.165, 1.54) is 30.3 Å². The topological polar surface area (TPSA) is 93.3 Å². The molecule has 0 spiro atoms. The molecule has 0 aliphatic heterocycles. The van der Waals surface area contributed by atoms with E-state index < -0.39 is 28.8 Å². The van der Waals surface area contributed by atoms with Crippen LogP contribution in [0.5, 0.6) is 5.75 Å². The molecule has 1 heterocycles. The molecule has 1 aromatic heterocycles. The third-order valence-corrected chi connectivity index (χ3v) is 4.33. The van der Waals surface area contributed by atoms with Crippen LogP contribution in [0.25, 0.3) is 10.9 Å².